The van der Waals surface area contributed by atoms with E-state index < -0.39 is 0 Å². The van der Waals surface area contributed by atoms with Crippen LogP contribution in [0.5, 0.6) is 11.5 Å². The van der Waals surface area contributed by atoms with Gasteiger partial charge in [0.25, 0.3) is 0 Å². The van der Waals surface area contributed by atoms with Gasteiger partial charge < -0.3 is 14.8 Å². The van der Waals surface area contributed by atoms with Crippen molar-refractivity contribution in [2.24, 2.45) is 0 Å². The fourth-order valence-electron chi connectivity index (χ4n) is 2.98. The lowest BCUT2D eigenvalue weighted by molar-refractivity contribution is 0.267. The second kappa shape index (κ2) is 11.1. The Balaban J connectivity index is 1.73. The predicted octanol–water partition coefficient (Wildman–Crippen LogP) is 7.75. The van der Waals surface area contributed by atoms with Gasteiger partial charge in [0.05, 0.1) is 10.2 Å². The molecular formula is C24H24Cl2INO2. The molecule has 1 N–H and O–H groups in total. The van der Waals surface area contributed by atoms with Gasteiger partial charge in [0.1, 0.15) is 6.61 Å². The van der Waals surface area contributed by atoms with Crippen LogP contribution in [-0.4, -0.2) is 6.61 Å². The highest BCUT2D eigenvalue weighted by atomic mass is 127. The Bertz CT molecular complexity index is 993. The van der Waals surface area contributed by atoms with Gasteiger partial charge in [-0.1, -0.05) is 48.3 Å². The van der Waals surface area contributed by atoms with Gasteiger partial charge in [-0.25, -0.2) is 0 Å². The molecule has 0 unspecified atom stereocenters. The topological polar surface area (TPSA) is 30.5 Å². The highest BCUT2D eigenvalue weighted by molar-refractivity contribution is 14.1. The van der Waals surface area contributed by atoms with E-state index in [-0.39, 0.29) is 0 Å². The van der Waals surface area contributed by atoms with Crippen molar-refractivity contribution in [3.05, 3.63) is 84.9 Å². The average molecular weight is 556 g/mol. The molecule has 3 aromatic rings. The molecular weight excluding hydrogens is 532 g/mol. The fourth-order valence-corrected chi connectivity index (χ4v) is 4.26. The van der Waals surface area contributed by atoms with Gasteiger partial charge in [-0.05, 0) is 83.5 Å². The molecule has 0 aliphatic rings. The standard InChI is InChI=1S/C24H24Cl2INO2/c1-3-16-5-9-20(10-6-16)28-14-17-11-22(27)24(23(12-17)29-4-2)30-15-18-7-8-19(25)13-21(18)26/h5-13,28H,3-4,14-15H2,1-2H3. The van der Waals surface area contributed by atoms with Crippen LogP contribution in [0.3, 0.4) is 0 Å². The molecule has 0 radical (unpaired) electrons. The first-order valence-electron chi connectivity index (χ1n) is 9.85. The van der Waals surface area contributed by atoms with Crippen LogP contribution in [-0.2, 0) is 19.6 Å². The molecule has 0 bridgehead atoms. The monoisotopic (exact) mass is 555 g/mol. The first kappa shape index (κ1) is 23.0. The molecule has 0 aliphatic heterocycles. The van der Waals surface area contributed by atoms with E-state index in [9.17, 15) is 0 Å². The molecule has 30 heavy (non-hydrogen) atoms. The lowest BCUT2D eigenvalue weighted by Crippen LogP contribution is -2.05. The van der Waals surface area contributed by atoms with Gasteiger partial charge in [0, 0.05) is 27.8 Å². The number of hydrogen-bond acceptors (Lipinski definition) is 3. The zero-order chi connectivity index (χ0) is 21.5. The van der Waals surface area contributed by atoms with Gasteiger partial charge in [-0.3, -0.25) is 0 Å². The third-order valence-electron chi connectivity index (χ3n) is 4.62. The van der Waals surface area contributed by atoms with Crippen LogP contribution in [0, 0.1) is 3.57 Å². The molecule has 158 valence electrons. The van der Waals surface area contributed by atoms with Crippen LogP contribution in [0.2, 0.25) is 10.0 Å². The summed E-state index contributed by atoms with van der Waals surface area (Å²) in [6, 6.07) is 18.1. The summed E-state index contributed by atoms with van der Waals surface area (Å²) in [5.41, 5.74) is 4.42. The van der Waals surface area contributed by atoms with E-state index in [1.807, 2.05) is 25.1 Å². The minimum Gasteiger partial charge on any atom is -0.490 e. The SMILES string of the molecule is CCOc1cc(CNc2ccc(CC)cc2)cc(I)c1OCc1ccc(Cl)cc1Cl. The largest absolute Gasteiger partial charge is 0.490 e. The second-order valence-electron chi connectivity index (χ2n) is 6.77. The van der Waals surface area contributed by atoms with Crippen LogP contribution in [0.1, 0.15) is 30.5 Å². The minimum atomic E-state index is 0.341. The highest BCUT2D eigenvalue weighted by Crippen LogP contribution is 2.35. The summed E-state index contributed by atoms with van der Waals surface area (Å²) in [5, 5.41) is 4.66. The number of halogens is 3. The Morgan fingerprint density at radius 3 is 2.33 bits per heavy atom. The Kier molecular flexibility index (Phi) is 8.54. The van der Waals surface area contributed by atoms with E-state index in [1.165, 1.54) is 5.56 Å². The van der Waals surface area contributed by atoms with Crippen LogP contribution in [0.25, 0.3) is 0 Å². The van der Waals surface area contributed by atoms with Crippen molar-refractivity contribution >= 4 is 51.5 Å². The van der Waals surface area contributed by atoms with E-state index >= 15 is 0 Å². The highest BCUT2D eigenvalue weighted by Gasteiger charge is 2.14. The maximum absolute atomic E-state index is 6.27. The maximum Gasteiger partial charge on any atom is 0.174 e. The van der Waals surface area contributed by atoms with Crippen molar-refractivity contribution in [1.29, 1.82) is 0 Å². The zero-order valence-corrected chi connectivity index (χ0v) is 20.6. The molecule has 3 nitrogen and oxygen atoms in total. The van der Waals surface area contributed by atoms with E-state index in [0.717, 1.165) is 38.3 Å². The molecule has 6 heteroatoms. The van der Waals surface area contributed by atoms with Crippen molar-refractivity contribution in [1.82, 2.24) is 0 Å². The van der Waals surface area contributed by atoms with Crippen molar-refractivity contribution in [2.45, 2.75) is 33.4 Å². The van der Waals surface area contributed by atoms with E-state index in [4.69, 9.17) is 32.7 Å². The molecule has 0 saturated heterocycles. The number of aryl methyl sites for hydroxylation is 1. The summed E-state index contributed by atoms with van der Waals surface area (Å²) in [6.45, 7) is 5.72. The number of benzene rings is 3. The number of ether oxygens (including phenoxy) is 2. The van der Waals surface area contributed by atoms with Gasteiger partial charge in [-0.2, -0.15) is 0 Å². The Hall–Kier alpha value is -1.63. The van der Waals surface area contributed by atoms with Gasteiger partial charge in [0.2, 0.25) is 0 Å². The van der Waals surface area contributed by atoms with Gasteiger partial charge >= 0.3 is 0 Å². The normalized spacial score (nSPS) is 10.7. The summed E-state index contributed by atoms with van der Waals surface area (Å²) in [4.78, 5) is 0. The summed E-state index contributed by atoms with van der Waals surface area (Å²) in [6.07, 6.45) is 1.04. The molecule has 0 fully saturated rings. The van der Waals surface area contributed by atoms with Crippen molar-refractivity contribution < 1.29 is 9.47 Å². The number of anilines is 1. The first-order valence-corrected chi connectivity index (χ1v) is 11.7. The molecule has 0 heterocycles. The van der Waals surface area contributed by atoms with E-state index in [0.29, 0.717) is 29.8 Å². The van der Waals surface area contributed by atoms with E-state index in [1.54, 1.807) is 6.07 Å². The number of rotatable bonds is 9. The number of hydrogen-bond donors (Lipinski definition) is 1. The minimum absolute atomic E-state index is 0.341. The van der Waals surface area contributed by atoms with Crippen molar-refractivity contribution in [3.8, 4) is 11.5 Å². The van der Waals surface area contributed by atoms with Crippen LogP contribution in [0.15, 0.2) is 54.6 Å². The third kappa shape index (κ3) is 6.19. The quantitative estimate of drug-likeness (QED) is 0.274. The molecule has 0 spiro atoms. The van der Waals surface area contributed by atoms with Gasteiger partial charge in [-0.15, -0.1) is 0 Å². The molecule has 3 rings (SSSR count). The maximum atomic E-state index is 6.27. The molecule has 0 aromatic heterocycles. The average Bonchev–Trinajstić information content (AvgIpc) is 2.73. The van der Waals surface area contributed by atoms with Crippen LogP contribution >= 0.6 is 45.8 Å². The van der Waals surface area contributed by atoms with Gasteiger partial charge in [0.15, 0.2) is 11.5 Å². The predicted molar refractivity (Wildman–Crippen MR) is 134 cm³/mol. The van der Waals surface area contributed by atoms with Crippen LogP contribution in [0.4, 0.5) is 5.69 Å². The van der Waals surface area contributed by atoms with Crippen LogP contribution < -0.4 is 14.8 Å². The summed E-state index contributed by atoms with van der Waals surface area (Å²) in [5.74, 6) is 1.45. The second-order valence-corrected chi connectivity index (χ2v) is 8.77. The zero-order valence-electron chi connectivity index (χ0n) is 17.0. The third-order valence-corrected chi connectivity index (χ3v) is 6.00. The first-order chi connectivity index (χ1) is 14.5. The van der Waals surface area contributed by atoms with E-state index in [2.05, 4.69) is 65.2 Å². The Labute approximate surface area is 201 Å². The molecule has 3 aromatic carbocycles. The Morgan fingerprint density at radius 1 is 0.900 bits per heavy atom. The smallest absolute Gasteiger partial charge is 0.174 e. The van der Waals surface area contributed by atoms with Crippen molar-refractivity contribution in [3.63, 3.8) is 0 Å². The summed E-state index contributed by atoms with van der Waals surface area (Å²) < 4.78 is 12.9. The Morgan fingerprint density at radius 2 is 1.67 bits per heavy atom. The molecule has 0 amide bonds. The lowest BCUT2D eigenvalue weighted by Gasteiger charge is -2.16. The molecule has 0 atom stereocenters. The summed E-state index contributed by atoms with van der Waals surface area (Å²) >= 11 is 14.5. The number of nitrogens with one attached hydrogen (secondary N) is 1. The summed E-state index contributed by atoms with van der Waals surface area (Å²) in [7, 11) is 0. The fraction of sp³-hybridized carbons (Fsp3) is 0.250. The molecule has 0 aliphatic carbocycles. The van der Waals surface area contributed by atoms with Crippen molar-refractivity contribution in [2.75, 3.05) is 11.9 Å². The lowest BCUT2D eigenvalue weighted by atomic mass is 10.1. The molecule has 0 saturated carbocycles.